The molecule has 2 rings (SSSR count). The summed E-state index contributed by atoms with van der Waals surface area (Å²) >= 11 is 0. The van der Waals surface area contributed by atoms with E-state index < -0.39 is 21.9 Å². The van der Waals surface area contributed by atoms with Gasteiger partial charge in [0, 0.05) is 6.04 Å². The van der Waals surface area contributed by atoms with Gasteiger partial charge in [-0.3, -0.25) is 9.10 Å². The second-order valence-corrected chi connectivity index (χ2v) is 7.03. The second kappa shape index (κ2) is 6.35. The molecule has 0 saturated heterocycles. The molecule has 0 aliphatic heterocycles. The van der Waals surface area contributed by atoms with E-state index in [9.17, 15) is 18.0 Å². The van der Waals surface area contributed by atoms with E-state index in [1.165, 1.54) is 19.2 Å². The van der Waals surface area contributed by atoms with Gasteiger partial charge in [-0.25, -0.2) is 13.2 Å². The van der Waals surface area contributed by atoms with Crippen LogP contribution in [0.4, 0.5) is 5.69 Å². The molecule has 1 amide bonds. The van der Waals surface area contributed by atoms with Crippen molar-refractivity contribution < 1.29 is 22.7 Å². The lowest BCUT2D eigenvalue weighted by Gasteiger charge is -2.23. The summed E-state index contributed by atoms with van der Waals surface area (Å²) in [6.07, 6.45) is 2.80. The molecule has 1 aromatic rings. The maximum atomic E-state index is 12.0. The molecular formula is C14H18N2O5S. The lowest BCUT2D eigenvalue weighted by atomic mass is 10.2. The van der Waals surface area contributed by atoms with Gasteiger partial charge in [0.2, 0.25) is 15.9 Å². The maximum Gasteiger partial charge on any atom is 0.340 e. The van der Waals surface area contributed by atoms with Crippen molar-refractivity contribution in [2.45, 2.75) is 18.9 Å². The smallest absolute Gasteiger partial charge is 0.340 e. The molecule has 120 valence electrons. The Kier molecular flexibility index (Phi) is 4.70. The fraction of sp³-hybridized carbons (Fsp3) is 0.429. The van der Waals surface area contributed by atoms with Crippen molar-refractivity contribution in [3.63, 3.8) is 0 Å². The predicted octanol–water partition coefficient (Wildman–Crippen LogP) is 0.518. The van der Waals surface area contributed by atoms with Gasteiger partial charge in [-0.05, 0) is 25.0 Å². The number of para-hydroxylation sites is 1. The van der Waals surface area contributed by atoms with Crippen LogP contribution in [0.2, 0.25) is 0 Å². The average Bonchev–Trinajstić information content (AvgIpc) is 3.26. The van der Waals surface area contributed by atoms with Crippen LogP contribution < -0.4 is 9.62 Å². The summed E-state index contributed by atoms with van der Waals surface area (Å²) in [5.41, 5.74) is 0.220. The summed E-state index contributed by atoms with van der Waals surface area (Å²) in [5, 5.41) is 2.73. The molecule has 0 bridgehead atoms. The van der Waals surface area contributed by atoms with Crippen LogP contribution in [0.1, 0.15) is 23.2 Å². The normalized spacial score (nSPS) is 14.3. The Morgan fingerprint density at radius 1 is 1.32 bits per heavy atom. The molecule has 0 unspecified atom stereocenters. The Morgan fingerprint density at radius 2 is 1.95 bits per heavy atom. The Balaban J connectivity index is 2.33. The third kappa shape index (κ3) is 3.97. The van der Waals surface area contributed by atoms with Crippen LogP contribution in [0.25, 0.3) is 0 Å². The first kappa shape index (κ1) is 16.3. The van der Waals surface area contributed by atoms with Crippen molar-refractivity contribution >= 4 is 27.6 Å². The quantitative estimate of drug-likeness (QED) is 0.769. The van der Waals surface area contributed by atoms with Gasteiger partial charge in [0.05, 0.1) is 24.6 Å². The number of amides is 1. The minimum Gasteiger partial charge on any atom is -0.465 e. The van der Waals surface area contributed by atoms with Crippen molar-refractivity contribution in [3.05, 3.63) is 29.8 Å². The Morgan fingerprint density at radius 3 is 2.50 bits per heavy atom. The first-order valence-corrected chi connectivity index (χ1v) is 8.62. The highest BCUT2D eigenvalue weighted by Crippen LogP contribution is 2.24. The van der Waals surface area contributed by atoms with Crippen LogP contribution >= 0.6 is 0 Å². The highest BCUT2D eigenvalue weighted by atomic mass is 32.2. The monoisotopic (exact) mass is 326 g/mol. The number of methoxy groups -OCH3 is 1. The standard InChI is InChI=1S/C14H18N2O5S/c1-21-14(18)11-5-3-4-6-12(11)16(22(2,19)20)9-13(17)15-10-7-8-10/h3-6,10H,7-9H2,1-2H3,(H,15,17). The lowest BCUT2D eigenvalue weighted by molar-refractivity contribution is -0.119. The number of esters is 1. The first-order valence-electron chi connectivity index (χ1n) is 6.77. The first-order chi connectivity index (χ1) is 10.3. The van der Waals surface area contributed by atoms with Crippen LogP contribution in [0.5, 0.6) is 0 Å². The summed E-state index contributed by atoms with van der Waals surface area (Å²) in [6.45, 7) is -0.372. The van der Waals surface area contributed by atoms with Gasteiger partial charge in [-0.15, -0.1) is 0 Å². The minimum absolute atomic E-state index is 0.0923. The number of nitrogens with zero attached hydrogens (tertiary/aromatic N) is 1. The molecule has 0 radical (unpaired) electrons. The summed E-state index contributed by atoms with van der Waals surface area (Å²) in [4.78, 5) is 23.7. The number of anilines is 1. The topological polar surface area (TPSA) is 92.8 Å². The number of hydrogen-bond acceptors (Lipinski definition) is 5. The number of hydrogen-bond donors (Lipinski definition) is 1. The molecule has 22 heavy (non-hydrogen) atoms. The molecule has 1 N–H and O–H groups in total. The van der Waals surface area contributed by atoms with E-state index in [-0.39, 0.29) is 23.8 Å². The second-order valence-electron chi connectivity index (χ2n) is 5.12. The zero-order valence-electron chi connectivity index (χ0n) is 12.4. The number of sulfonamides is 1. The van der Waals surface area contributed by atoms with E-state index in [1.54, 1.807) is 12.1 Å². The van der Waals surface area contributed by atoms with E-state index in [1.807, 2.05) is 0 Å². The number of nitrogens with one attached hydrogen (secondary N) is 1. The van der Waals surface area contributed by atoms with Gasteiger partial charge in [0.25, 0.3) is 0 Å². The molecule has 1 aliphatic rings. The zero-order valence-corrected chi connectivity index (χ0v) is 13.2. The van der Waals surface area contributed by atoms with Crippen molar-refractivity contribution in [1.29, 1.82) is 0 Å². The number of carbonyl (C=O) groups excluding carboxylic acids is 2. The molecule has 8 heteroatoms. The van der Waals surface area contributed by atoms with Crippen molar-refractivity contribution in [1.82, 2.24) is 5.32 Å². The largest absolute Gasteiger partial charge is 0.465 e. The summed E-state index contributed by atoms with van der Waals surface area (Å²) in [6, 6.07) is 6.25. The summed E-state index contributed by atoms with van der Waals surface area (Å²) in [5.74, 6) is -1.06. The molecule has 0 heterocycles. The fourth-order valence-electron chi connectivity index (χ4n) is 1.99. The molecule has 1 saturated carbocycles. The Labute approximate surface area is 129 Å². The van der Waals surface area contributed by atoms with Gasteiger partial charge in [-0.2, -0.15) is 0 Å². The van der Waals surface area contributed by atoms with Gasteiger partial charge in [-0.1, -0.05) is 12.1 Å². The van der Waals surface area contributed by atoms with Gasteiger partial charge in [0.1, 0.15) is 6.54 Å². The average molecular weight is 326 g/mol. The number of ether oxygens (including phenoxy) is 1. The van der Waals surface area contributed by atoms with Crippen LogP contribution in [-0.4, -0.2) is 46.2 Å². The van der Waals surface area contributed by atoms with E-state index in [2.05, 4.69) is 10.1 Å². The molecule has 7 nitrogen and oxygen atoms in total. The Bertz CT molecular complexity index is 682. The summed E-state index contributed by atoms with van der Waals surface area (Å²) in [7, 11) is -2.52. The number of carbonyl (C=O) groups is 2. The van der Waals surface area contributed by atoms with E-state index in [4.69, 9.17) is 0 Å². The van der Waals surface area contributed by atoms with Crippen molar-refractivity contribution in [2.24, 2.45) is 0 Å². The number of rotatable bonds is 6. The third-order valence-electron chi connectivity index (χ3n) is 3.21. The van der Waals surface area contributed by atoms with Crippen LogP contribution in [0.15, 0.2) is 24.3 Å². The zero-order chi connectivity index (χ0) is 16.3. The SMILES string of the molecule is COC(=O)c1ccccc1N(CC(=O)NC1CC1)S(C)(=O)=O. The van der Waals surface area contributed by atoms with Crippen LogP contribution in [0, 0.1) is 0 Å². The third-order valence-corrected chi connectivity index (χ3v) is 4.33. The van der Waals surface area contributed by atoms with Crippen molar-refractivity contribution in [2.75, 3.05) is 24.2 Å². The van der Waals surface area contributed by atoms with Crippen molar-refractivity contribution in [3.8, 4) is 0 Å². The maximum absolute atomic E-state index is 12.0. The molecular weight excluding hydrogens is 308 g/mol. The molecule has 1 aliphatic carbocycles. The molecule has 1 aromatic carbocycles. The molecule has 0 spiro atoms. The van der Waals surface area contributed by atoms with E-state index >= 15 is 0 Å². The lowest BCUT2D eigenvalue weighted by Crippen LogP contribution is -2.41. The minimum atomic E-state index is -3.73. The highest BCUT2D eigenvalue weighted by Gasteiger charge is 2.28. The molecule has 1 fully saturated rings. The van der Waals surface area contributed by atoms with Crippen LogP contribution in [-0.2, 0) is 19.6 Å². The number of benzene rings is 1. The highest BCUT2D eigenvalue weighted by molar-refractivity contribution is 7.92. The van der Waals surface area contributed by atoms with E-state index in [0.717, 1.165) is 23.4 Å². The van der Waals surface area contributed by atoms with Gasteiger partial charge >= 0.3 is 5.97 Å². The Hall–Kier alpha value is -2.09. The van der Waals surface area contributed by atoms with Crippen LogP contribution in [0.3, 0.4) is 0 Å². The molecule has 0 aromatic heterocycles. The van der Waals surface area contributed by atoms with E-state index in [0.29, 0.717) is 0 Å². The molecule has 0 atom stereocenters. The summed E-state index contributed by atoms with van der Waals surface area (Å²) < 4.78 is 29.6. The predicted molar refractivity (Wildman–Crippen MR) is 81.1 cm³/mol. The van der Waals surface area contributed by atoms with Gasteiger partial charge in [0.15, 0.2) is 0 Å². The fourth-order valence-corrected chi connectivity index (χ4v) is 2.85. The van der Waals surface area contributed by atoms with Gasteiger partial charge < -0.3 is 10.1 Å².